The first-order valence-electron chi connectivity index (χ1n) is 30.4. The number of allylic oxidation sites excluding steroid dienone is 1. The van der Waals surface area contributed by atoms with Crippen molar-refractivity contribution in [3.8, 4) is 0 Å². The van der Waals surface area contributed by atoms with Gasteiger partial charge >= 0.3 is 18.5 Å². The highest BCUT2D eigenvalue weighted by molar-refractivity contribution is 5.95. The van der Waals surface area contributed by atoms with Crippen LogP contribution in [0.25, 0.3) is 0 Å². The molecule has 0 unspecified atom stereocenters. The van der Waals surface area contributed by atoms with Gasteiger partial charge in [-0.15, -0.1) is 0 Å². The van der Waals surface area contributed by atoms with E-state index in [1.807, 2.05) is 14.0 Å². The summed E-state index contributed by atoms with van der Waals surface area (Å²) < 4.78 is 120. The van der Waals surface area contributed by atoms with Gasteiger partial charge in [-0.2, -0.15) is 54.8 Å². The molecule has 3 aromatic heterocycles. The van der Waals surface area contributed by atoms with Crippen molar-refractivity contribution >= 4 is 17.7 Å². The summed E-state index contributed by atoms with van der Waals surface area (Å²) >= 11 is 0. The molecule has 0 atom stereocenters. The number of piperidine rings is 3. The Kier molecular flexibility index (Phi) is 19.6. The molecule has 12 rings (SSSR count). The van der Waals surface area contributed by atoms with Crippen LogP contribution < -0.4 is 5.32 Å². The molecule has 0 radical (unpaired) electrons. The number of halogens is 9. The average molecular weight is 1230 g/mol. The molecule has 24 heteroatoms. The predicted molar refractivity (Wildman–Crippen MR) is 312 cm³/mol. The lowest BCUT2D eigenvalue weighted by Gasteiger charge is -2.33. The second kappa shape index (κ2) is 27.1. The second-order valence-corrected chi connectivity index (χ2v) is 23.9. The molecular weight excluding hydrogens is 1160 g/mol. The number of amides is 3. The van der Waals surface area contributed by atoms with E-state index in [4.69, 9.17) is 0 Å². The fourth-order valence-electron chi connectivity index (χ4n) is 13.4. The minimum atomic E-state index is -4.37. The van der Waals surface area contributed by atoms with E-state index in [2.05, 4.69) is 52.3 Å². The Hall–Kier alpha value is -7.47. The van der Waals surface area contributed by atoms with Crippen molar-refractivity contribution in [1.29, 1.82) is 0 Å². The maximum atomic E-state index is 13.4. The number of aromatic nitrogens is 6. The van der Waals surface area contributed by atoms with Crippen LogP contribution in [0.3, 0.4) is 0 Å². The van der Waals surface area contributed by atoms with Gasteiger partial charge in [0.1, 0.15) is 0 Å². The highest BCUT2D eigenvalue weighted by Crippen LogP contribution is 2.42. The topological polar surface area (TPSA) is 165 Å². The van der Waals surface area contributed by atoms with E-state index in [0.717, 1.165) is 116 Å². The van der Waals surface area contributed by atoms with Crippen LogP contribution in [0.4, 0.5) is 39.5 Å². The van der Waals surface area contributed by atoms with Gasteiger partial charge in [0.05, 0.1) is 16.7 Å². The van der Waals surface area contributed by atoms with Crippen molar-refractivity contribution in [2.75, 3.05) is 66.0 Å². The smallest absolute Gasteiger partial charge is 0.371 e. The van der Waals surface area contributed by atoms with Gasteiger partial charge in [-0.3, -0.25) is 29.7 Å². The average Bonchev–Trinajstić information content (AvgIpc) is 3.19. The Morgan fingerprint density at radius 1 is 0.466 bits per heavy atom. The fraction of sp³-hybridized carbons (Fsp3) is 0.500. The van der Waals surface area contributed by atoms with Gasteiger partial charge in [-0.25, -0.2) is 0 Å². The standard InChI is InChI=1S/C23H27F3N4O.C21H25F3N4O.C20H23F3N4O/c1-15(2)30-11-5-8-20-18(14-30)21(28-27-20)22(31)29-12-9-16(10-13-29)17-6-3-4-7-19(17)23(24,25)26;1-27-10-4-7-18-16(13-27)19(26-25-18)20(29)28-11-8-14(9-12-28)15-5-2-3-6-17(15)21(22,23)24;21-20(22,23)16-5-2-1-4-14(16)13-7-10-27(11-8-13)19(28)18-15-12-24-9-3-6-17(15)25-26-18/h3-4,6-7,16H,1,5,8-14H2,2H3,(H,27,28);2-3,5-6,14H,4,7-13H2,1H3,(H,25,26);1-2,4-5,13,24H,3,6-12H2,(H,25,26). The molecule has 3 saturated heterocycles. The Morgan fingerprint density at radius 3 is 1.19 bits per heavy atom. The van der Waals surface area contributed by atoms with Crippen molar-refractivity contribution in [2.45, 2.75) is 140 Å². The number of benzene rings is 3. The van der Waals surface area contributed by atoms with Gasteiger partial charge < -0.3 is 29.8 Å². The molecule has 6 aliphatic rings. The van der Waals surface area contributed by atoms with Crippen LogP contribution in [-0.4, -0.2) is 139 Å². The van der Waals surface area contributed by atoms with Crippen LogP contribution in [-0.2, 0) is 57.4 Å². The minimum absolute atomic E-state index is 0.125. The molecule has 0 aliphatic carbocycles. The number of carbonyl (C=O) groups is 3. The number of nitrogens with one attached hydrogen (secondary N) is 4. The third kappa shape index (κ3) is 14.5. The van der Waals surface area contributed by atoms with Crippen molar-refractivity contribution in [3.05, 3.63) is 169 Å². The summed E-state index contributed by atoms with van der Waals surface area (Å²) in [5, 5.41) is 25.1. The van der Waals surface area contributed by atoms with Crippen molar-refractivity contribution < 1.29 is 53.9 Å². The van der Waals surface area contributed by atoms with E-state index < -0.39 is 35.2 Å². The van der Waals surface area contributed by atoms with E-state index in [1.54, 1.807) is 51.1 Å². The van der Waals surface area contributed by atoms with E-state index in [-0.39, 0.29) is 35.5 Å². The first-order valence-corrected chi connectivity index (χ1v) is 30.4. The van der Waals surface area contributed by atoms with E-state index in [0.29, 0.717) is 131 Å². The number of likely N-dealkylation sites (tertiary alicyclic amines) is 3. The van der Waals surface area contributed by atoms with Gasteiger partial charge in [-0.1, -0.05) is 61.2 Å². The number of aromatic amines is 3. The quantitative estimate of drug-likeness (QED) is 0.114. The number of carbonyl (C=O) groups excluding carboxylic acids is 3. The normalized spacial score (nSPS) is 18.5. The number of hydrogen-bond donors (Lipinski definition) is 4. The van der Waals surface area contributed by atoms with Crippen LogP contribution in [0.2, 0.25) is 0 Å². The molecule has 472 valence electrons. The minimum Gasteiger partial charge on any atom is -0.371 e. The number of hydrogen-bond acceptors (Lipinski definition) is 9. The van der Waals surface area contributed by atoms with Gasteiger partial charge in [0.25, 0.3) is 17.7 Å². The molecule has 0 saturated carbocycles. The zero-order valence-electron chi connectivity index (χ0n) is 49.5. The van der Waals surface area contributed by atoms with E-state index in [1.165, 1.54) is 18.2 Å². The number of fused-ring (bicyclic) bond motifs is 3. The summed E-state index contributed by atoms with van der Waals surface area (Å²) in [5.41, 5.74) is 7.38. The van der Waals surface area contributed by atoms with Crippen LogP contribution >= 0.6 is 0 Å². The van der Waals surface area contributed by atoms with Crippen molar-refractivity contribution in [1.82, 2.24) is 60.4 Å². The molecule has 88 heavy (non-hydrogen) atoms. The first-order chi connectivity index (χ1) is 42.0. The Morgan fingerprint density at radius 2 is 0.807 bits per heavy atom. The maximum absolute atomic E-state index is 13.4. The zero-order chi connectivity index (χ0) is 62.5. The van der Waals surface area contributed by atoms with Crippen LogP contribution in [0, 0.1) is 0 Å². The molecule has 4 N–H and O–H groups in total. The summed E-state index contributed by atoms with van der Waals surface area (Å²) in [4.78, 5) is 48.7. The molecule has 3 aromatic carbocycles. The number of H-pyrrole nitrogens is 3. The van der Waals surface area contributed by atoms with Crippen LogP contribution in [0.15, 0.2) is 85.1 Å². The maximum Gasteiger partial charge on any atom is 0.416 e. The van der Waals surface area contributed by atoms with Gasteiger partial charge in [0.15, 0.2) is 17.1 Å². The summed E-state index contributed by atoms with van der Waals surface area (Å²) in [6.07, 6.45) is -4.48. The highest BCUT2D eigenvalue weighted by atomic mass is 19.4. The molecule has 9 heterocycles. The fourth-order valence-corrected chi connectivity index (χ4v) is 13.4. The van der Waals surface area contributed by atoms with E-state index in [9.17, 15) is 53.9 Å². The highest BCUT2D eigenvalue weighted by Gasteiger charge is 2.40. The molecule has 6 aromatic rings. The third-order valence-electron chi connectivity index (χ3n) is 18.2. The molecule has 0 bridgehead atoms. The molecule has 6 aliphatic heterocycles. The summed E-state index contributed by atoms with van der Waals surface area (Å²) in [5.74, 6) is -1.01. The molecule has 3 fully saturated rings. The number of rotatable bonds is 7. The largest absolute Gasteiger partial charge is 0.416 e. The Balaban J connectivity index is 0.000000146. The monoisotopic (exact) mass is 1230 g/mol. The van der Waals surface area contributed by atoms with E-state index >= 15 is 0 Å². The lowest BCUT2D eigenvalue weighted by atomic mass is 9.86. The van der Waals surface area contributed by atoms with Gasteiger partial charge in [0.2, 0.25) is 0 Å². The molecular formula is C64H75F9N12O3. The zero-order valence-corrected chi connectivity index (χ0v) is 49.5. The second-order valence-electron chi connectivity index (χ2n) is 23.9. The Bertz CT molecular complexity index is 3420. The third-order valence-corrected chi connectivity index (χ3v) is 18.2. The molecule has 15 nitrogen and oxygen atoms in total. The first kappa shape index (κ1) is 63.5. The SMILES string of the molecule is C=C(C)N1CCCc2[nH]nc(C(=O)N3CCC(c4ccccc4C(F)(F)F)CC3)c2C1.CN1CCCc2[nH]nc(C(=O)N3CCC(c4ccccc4C(F)(F)F)CC3)c2C1.O=C(c1n[nH]c2c1CNCCC2)N1CCC(c2ccccc2C(F)(F)F)CC1. The number of nitrogens with zero attached hydrogens (tertiary/aromatic N) is 8. The van der Waals surface area contributed by atoms with Gasteiger partial charge in [-0.05, 0) is 157 Å². The lowest BCUT2D eigenvalue weighted by Crippen LogP contribution is -2.39. The summed E-state index contributed by atoms with van der Waals surface area (Å²) in [6, 6.07) is 17.3. The van der Waals surface area contributed by atoms with Gasteiger partial charge in [0, 0.05) is 105 Å². The summed E-state index contributed by atoms with van der Waals surface area (Å²) in [6.45, 7) is 13.2. The van der Waals surface area contributed by atoms with Crippen molar-refractivity contribution in [3.63, 3.8) is 0 Å². The number of aryl methyl sites for hydroxylation is 3. The molecule has 0 spiro atoms. The van der Waals surface area contributed by atoms with Crippen molar-refractivity contribution in [2.24, 2.45) is 0 Å². The molecule has 3 amide bonds. The van der Waals surface area contributed by atoms with Crippen LogP contribution in [0.1, 0.15) is 181 Å². The number of alkyl halides is 9. The Labute approximate surface area is 505 Å². The summed E-state index contributed by atoms with van der Waals surface area (Å²) in [7, 11) is 2.03. The van der Waals surface area contributed by atoms with Crippen LogP contribution in [0.5, 0.6) is 0 Å². The lowest BCUT2D eigenvalue weighted by molar-refractivity contribution is -0.139. The predicted octanol–water partition coefficient (Wildman–Crippen LogP) is 12.0.